The molecule has 11 heteroatoms. The summed E-state index contributed by atoms with van der Waals surface area (Å²) in [5.74, 6) is -0.432. The number of hydrogen-bond donors (Lipinski definition) is 3. The zero-order chi connectivity index (χ0) is 28.3. The number of aliphatic hydroxyl groups is 2. The van der Waals surface area contributed by atoms with Gasteiger partial charge in [-0.3, -0.25) is 4.79 Å². The summed E-state index contributed by atoms with van der Waals surface area (Å²) in [7, 11) is 0. The maximum atomic E-state index is 13.1. The van der Waals surface area contributed by atoms with Crippen molar-refractivity contribution in [3.8, 4) is 16.9 Å². The number of ether oxygens (including phenoxy) is 1. The molecule has 0 radical (unpaired) electrons. The summed E-state index contributed by atoms with van der Waals surface area (Å²) in [5.41, 5.74) is 2.67. The van der Waals surface area contributed by atoms with E-state index in [2.05, 4.69) is 10.4 Å². The number of alkyl halides is 3. The Kier molecular flexibility index (Phi) is 8.41. The Hall–Kier alpha value is -3.70. The van der Waals surface area contributed by atoms with Gasteiger partial charge in [0.15, 0.2) is 6.29 Å². The summed E-state index contributed by atoms with van der Waals surface area (Å²) in [6, 6.07) is 17.7. The van der Waals surface area contributed by atoms with Crippen LogP contribution in [0, 0.1) is 6.92 Å². The Balaban J connectivity index is 1.58. The smallest absolute Gasteiger partial charge is 0.364 e. The van der Waals surface area contributed by atoms with Crippen LogP contribution in [0.3, 0.4) is 0 Å². The highest BCUT2D eigenvalue weighted by Crippen LogP contribution is 2.35. The minimum Gasteiger partial charge on any atom is -0.364 e. The molecule has 0 bridgehead atoms. The fraction of sp³-hybridized carbons (Fsp3) is 0.214. The standard InChI is InChI=1S/C28H25ClF3N3O4/c1-16-23(15-39-17(2)26(36)33-21-13-9-19(10-14-21)27(37)38)34-35(24-6-4-3-5-22(24)29)25(16)18-7-11-20(12-8-18)28(30,31)32/h3-14,17,27,37-38H,15H2,1-2H3,(H,33,36). The van der Waals surface area contributed by atoms with Crippen molar-refractivity contribution < 1.29 is 32.9 Å². The van der Waals surface area contributed by atoms with E-state index < -0.39 is 30.0 Å². The summed E-state index contributed by atoms with van der Waals surface area (Å²) >= 11 is 6.42. The Morgan fingerprint density at radius 3 is 2.28 bits per heavy atom. The number of carbonyl (C=O) groups is 1. The summed E-state index contributed by atoms with van der Waals surface area (Å²) in [6.07, 6.45) is -6.96. The molecule has 7 nitrogen and oxygen atoms in total. The zero-order valence-corrected chi connectivity index (χ0v) is 21.7. The van der Waals surface area contributed by atoms with E-state index >= 15 is 0 Å². The Morgan fingerprint density at radius 1 is 1.05 bits per heavy atom. The van der Waals surface area contributed by atoms with Gasteiger partial charge in [0.25, 0.3) is 5.91 Å². The lowest BCUT2D eigenvalue weighted by Crippen LogP contribution is -2.27. The van der Waals surface area contributed by atoms with Gasteiger partial charge in [-0.05, 0) is 50.2 Å². The molecule has 0 saturated carbocycles. The molecule has 204 valence electrons. The van der Waals surface area contributed by atoms with E-state index in [-0.39, 0.29) is 12.2 Å². The van der Waals surface area contributed by atoms with Crippen molar-refractivity contribution in [2.45, 2.75) is 39.0 Å². The van der Waals surface area contributed by atoms with Gasteiger partial charge in [0.05, 0.1) is 34.3 Å². The number of para-hydroxylation sites is 1. The predicted molar refractivity (Wildman–Crippen MR) is 140 cm³/mol. The SMILES string of the molecule is Cc1c(COC(C)C(=O)Nc2ccc(C(O)O)cc2)nn(-c2ccccc2Cl)c1-c1ccc(C(F)(F)F)cc1. The fourth-order valence-corrected chi connectivity index (χ4v) is 4.11. The Labute approximate surface area is 227 Å². The third-order valence-electron chi connectivity index (χ3n) is 6.10. The Bertz CT molecular complexity index is 1450. The lowest BCUT2D eigenvalue weighted by Gasteiger charge is -2.13. The number of rotatable bonds is 8. The summed E-state index contributed by atoms with van der Waals surface area (Å²) in [5, 5.41) is 26.1. The van der Waals surface area contributed by atoms with Gasteiger partial charge in [-0.1, -0.05) is 48.0 Å². The number of nitrogens with zero attached hydrogens (tertiary/aromatic N) is 2. The minimum atomic E-state index is -4.46. The minimum absolute atomic E-state index is 0.0544. The van der Waals surface area contributed by atoms with E-state index in [9.17, 15) is 28.2 Å². The van der Waals surface area contributed by atoms with Crippen molar-refractivity contribution in [1.29, 1.82) is 0 Å². The van der Waals surface area contributed by atoms with Crippen LogP contribution in [0.5, 0.6) is 0 Å². The molecular weight excluding hydrogens is 535 g/mol. The number of hydrogen-bond acceptors (Lipinski definition) is 5. The van der Waals surface area contributed by atoms with Crippen molar-refractivity contribution in [1.82, 2.24) is 9.78 Å². The molecule has 0 aliphatic heterocycles. The topological polar surface area (TPSA) is 96.6 Å². The number of halogens is 4. The highest BCUT2D eigenvalue weighted by Gasteiger charge is 2.30. The maximum absolute atomic E-state index is 13.1. The van der Waals surface area contributed by atoms with Crippen molar-refractivity contribution in [2.75, 3.05) is 5.32 Å². The first-order valence-electron chi connectivity index (χ1n) is 11.8. The molecule has 4 rings (SSSR count). The summed E-state index contributed by atoms with van der Waals surface area (Å²) in [4.78, 5) is 12.6. The van der Waals surface area contributed by atoms with E-state index in [1.807, 2.05) is 0 Å². The third kappa shape index (κ3) is 6.48. The molecule has 1 atom stereocenters. The molecule has 39 heavy (non-hydrogen) atoms. The van der Waals surface area contributed by atoms with Crippen molar-refractivity contribution in [3.05, 3.63) is 100 Å². The van der Waals surface area contributed by atoms with Crippen LogP contribution in [-0.2, 0) is 22.3 Å². The first-order valence-corrected chi connectivity index (χ1v) is 12.2. The molecule has 4 aromatic rings. The number of nitrogens with one attached hydrogen (secondary N) is 1. The number of carbonyl (C=O) groups excluding carboxylic acids is 1. The van der Waals surface area contributed by atoms with Crippen molar-refractivity contribution >= 4 is 23.2 Å². The van der Waals surface area contributed by atoms with Crippen LogP contribution < -0.4 is 5.32 Å². The quantitative estimate of drug-likeness (QED) is 0.229. The van der Waals surface area contributed by atoms with Gasteiger partial charge in [0, 0.05) is 22.4 Å². The highest BCUT2D eigenvalue weighted by atomic mass is 35.5. The molecule has 0 fully saturated rings. The molecule has 3 aromatic carbocycles. The number of aliphatic hydroxyl groups excluding tert-OH is 1. The monoisotopic (exact) mass is 559 g/mol. The van der Waals surface area contributed by atoms with Crippen LogP contribution in [0.1, 0.15) is 35.6 Å². The van der Waals surface area contributed by atoms with Crippen LogP contribution in [-0.4, -0.2) is 32.0 Å². The molecule has 1 aromatic heterocycles. The molecule has 1 unspecified atom stereocenters. The lowest BCUT2D eigenvalue weighted by atomic mass is 10.0. The predicted octanol–water partition coefficient (Wildman–Crippen LogP) is 6.05. The van der Waals surface area contributed by atoms with Crippen molar-refractivity contribution in [2.24, 2.45) is 0 Å². The molecule has 1 heterocycles. The van der Waals surface area contributed by atoms with Crippen molar-refractivity contribution in [3.63, 3.8) is 0 Å². The van der Waals surface area contributed by atoms with Crippen LogP contribution >= 0.6 is 11.6 Å². The molecule has 0 saturated heterocycles. The fourth-order valence-electron chi connectivity index (χ4n) is 3.89. The van der Waals surface area contributed by atoms with Crippen LogP contribution in [0.2, 0.25) is 5.02 Å². The van der Waals surface area contributed by atoms with Gasteiger partial charge < -0.3 is 20.3 Å². The molecular formula is C28H25ClF3N3O4. The molecule has 0 aliphatic rings. The lowest BCUT2D eigenvalue weighted by molar-refractivity contribution is -0.137. The molecule has 0 aliphatic carbocycles. The van der Waals surface area contributed by atoms with E-state index in [1.54, 1.807) is 42.8 Å². The van der Waals surface area contributed by atoms with E-state index in [0.717, 1.165) is 12.1 Å². The zero-order valence-electron chi connectivity index (χ0n) is 20.9. The van der Waals surface area contributed by atoms with Gasteiger partial charge in [0.2, 0.25) is 0 Å². The van der Waals surface area contributed by atoms with Crippen LogP contribution in [0.15, 0.2) is 72.8 Å². The number of anilines is 1. The number of amides is 1. The third-order valence-corrected chi connectivity index (χ3v) is 6.42. The first kappa shape index (κ1) is 28.3. The van der Waals surface area contributed by atoms with Crippen LogP contribution in [0.25, 0.3) is 16.9 Å². The average molecular weight is 560 g/mol. The van der Waals surface area contributed by atoms with E-state index in [4.69, 9.17) is 16.3 Å². The van der Waals surface area contributed by atoms with Gasteiger partial charge in [-0.15, -0.1) is 0 Å². The second-order valence-electron chi connectivity index (χ2n) is 8.80. The second-order valence-corrected chi connectivity index (χ2v) is 9.20. The van der Waals surface area contributed by atoms with Gasteiger partial charge in [-0.2, -0.15) is 18.3 Å². The normalized spacial score (nSPS) is 12.5. The second kappa shape index (κ2) is 11.6. The van der Waals surface area contributed by atoms with Gasteiger partial charge >= 0.3 is 6.18 Å². The Morgan fingerprint density at radius 2 is 1.69 bits per heavy atom. The summed E-state index contributed by atoms with van der Waals surface area (Å²) in [6.45, 7) is 3.29. The van der Waals surface area contributed by atoms with Gasteiger partial charge in [-0.25, -0.2) is 4.68 Å². The van der Waals surface area contributed by atoms with Crippen LogP contribution in [0.4, 0.5) is 18.9 Å². The average Bonchev–Trinajstić information content (AvgIpc) is 3.23. The molecule has 3 N–H and O–H groups in total. The van der Waals surface area contributed by atoms with Gasteiger partial charge in [0.1, 0.15) is 6.10 Å². The molecule has 0 spiro atoms. The first-order chi connectivity index (χ1) is 18.5. The maximum Gasteiger partial charge on any atom is 0.416 e. The largest absolute Gasteiger partial charge is 0.416 e. The summed E-state index contributed by atoms with van der Waals surface area (Å²) < 4.78 is 46.7. The van der Waals surface area contributed by atoms with E-state index in [0.29, 0.717) is 38.9 Å². The number of aromatic nitrogens is 2. The highest BCUT2D eigenvalue weighted by molar-refractivity contribution is 6.32. The molecule has 1 amide bonds. The number of benzene rings is 3. The van der Waals surface area contributed by atoms with E-state index in [1.165, 1.54) is 36.4 Å².